The average molecular weight is 329 g/mol. The van der Waals surface area contributed by atoms with Gasteiger partial charge in [-0.15, -0.1) is 0 Å². The van der Waals surface area contributed by atoms with Crippen molar-refractivity contribution in [2.75, 3.05) is 0 Å². The summed E-state index contributed by atoms with van der Waals surface area (Å²) in [4.78, 5) is 13.7. The molecule has 0 saturated heterocycles. The summed E-state index contributed by atoms with van der Waals surface area (Å²) in [6.45, 7) is 0. The van der Waals surface area contributed by atoms with Gasteiger partial charge in [0.2, 0.25) is 0 Å². The Kier molecular flexibility index (Phi) is 2.77. The minimum absolute atomic E-state index is 0.0278. The number of nitrogens with zero attached hydrogens (tertiary/aromatic N) is 2. The van der Waals surface area contributed by atoms with E-state index >= 15 is 0 Å². The summed E-state index contributed by atoms with van der Waals surface area (Å²) in [5.41, 5.74) is 0.0278. The molecule has 1 aromatic rings. The van der Waals surface area contributed by atoms with Crippen LogP contribution >= 0.6 is 38.5 Å². The fourth-order valence-electron chi connectivity index (χ4n) is 0.540. The topological polar surface area (TPSA) is 56.0 Å². The van der Waals surface area contributed by atoms with Crippen molar-refractivity contribution in [1.82, 2.24) is 4.98 Å². The predicted molar refractivity (Wildman–Crippen MR) is 51.3 cm³/mol. The second kappa shape index (κ2) is 3.44. The quantitative estimate of drug-likeness (QED) is 0.344. The van der Waals surface area contributed by atoms with Crippen molar-refractivity contribution in [2.24, 2.45) is 0 Å². The molecule has 0 unspecified atom stereocenters. The summed E-state index contributed by atoms with van der Waals surface area (Å²) >= 11 is 4.91. The average Bonchev–Trinajstić information content (AvgIpc) is 1.94. The van der Waals surface area contributed by atoms with E-state index in [1.807, 2.05) is 22.6 Å². The molecule has 0 atom stereocenters. The van der Waals surface area contributed by atoms with Gasteiger partial charge in [-0.2, -0.15) is 0 Å². The van der Waals surface area contributed by atoms with Gasteiger partial charge < -0.3 is 0 Å². The Morgan fingerprint density at radius 2 is 2.36 bits per heavy atom. The summed E-state index contributed by atoms with van der Waals surface area (Å²) < 4.78 is 1.01. The van der Waals surface area contributed by atoms with Crippen molar-refractivity contribution in [3.63, 3.8) is 0 Å². The Morgan fingerprint density at radius 3 is 2.82 bits per heavy atom. The summed E-state index contributed by atoms with van der Waals surface area (Å²) in [6, 6.07) is 1.43. The molecule has 0 amide bonds. The highest BCUT2D eigenvalue weighted by atomic mass is 127. The highest BCUT2D eigenvalue weighted by molar-refractivity contribution is 14.1. The molecule has 11 heavy (non-hydrogen) atoms. The summed E-state index contributed by atoms with van der Waals surface area (Å²) in [7, 11) is 0. The molecule has 58 valence electrons. The Hall–Kier alpha value is -0.240. The lowest BCUT2D eigenvalue weighted by molar-refractivity contribution is -0.386. The molecule has 4 nitrogen and oxygen atoms in total. The molecule has 0 aliphatic carbocycles. The summed E-state index contributed by atoms with van der Waals surface area (Å²) in [5.74, 6) is 0. The maximum Gasteiger partial charge on any atom is 0.302 e. The van der Waals surface area contributed by atoms with Crippen LogP contribution in [0, 0.1) is 13.8 Å². The van der Waals surface area contributed by atoms with Crippen molar-refractivity contribution in [1.29, 1.82) is 0 Å². The van der Waals surface area contributed by atoms with Gasteiger partial charge in [0.05, 0.1) is 4.92 Å². The molecule has 1 rings (SSSR count). The molecule has 0 aromatic carbocycles. The van der Waals surface area contributed by atoms with Crippen LogP contribution < -0.4 is 0 Å². The van der Waals surface area contributed by atoms with Crippen molar-refractivity contribution in [3.05, 3.63) is 30.6 Å². The van der Waals surface area contributed by atoms with Crippen LogP contribution in [0.1, 0.15) is 0 Å². The summed E-state index contributed by atoms with van der Waals surface area (Å²) in [6.07, 6.45) is 1.52. The highest BCUT2D eigenvalue weighted by Gasteiger charge is 2.12. The molecule has 0 aliphatic rings. The van der Waals surface area contributed by atoms with Crippen molar-refractivity contribution in [2.45, 2.75) is 0 Å². The third-order valence-electron chi connectivity index (χ3n) is 0.984. The SMILES string of the molecule is O=[N+]([O-])c1cc(Br)cnc1I. The first kappa shape index (κ1) is 8.85. The first-order valence-corrected chi connectivity index (χ1v) is 4.44. The molecule has 1 heterocycles. The van der Waals surface area contributed by atoms with Crippen LogP contribution in [0.2, 0.25) is 0 Å². The van der Waals surface area contributed by atoms with Gasteiger partial charge in [-0.1, -0.05) is 0 Å². The summed E-state index contributed by atoms with van der Waals surface area (Å²) in [5, 5.41) is 10.3. The molecule has 0 bridgehead atoms. The number of rotatable bonds is 1. The van der Waals surface area contributed by atoms with Gasteiger partial charge in [0.15, 0.2) is 3.70 Å². The van der Waals surface area contributed by atoms with E-state index in [9.17, 15) is 10.1 Å². The van der Waals surface area contributed by atoms with Crippen LogP contribution in [0.4, 0.5) is 5.69 Å². The normalized spacial score (nSPS) is 9.64. The number of hydrogen-bond acceptors (Lipinski definition) is 3. The fourth-order valence-corrected chi connectivity index (χ4v) is 1.35. The fraction of sp³-hybridized carbons (Fsp3) is 0. The number of nitro groups is 1. The van der Waals surface area contributed by atoms with E-state index in [4.69, 9.17) is 0 Å². The Labute approximate surface area is 84.4 Å². The number of pyridine rings is 1. The van der Waals surface area contributed by atoms with Gasteiger partial charge in [-0.05, 0) is 38.5 Å². The van der Waals surface area contributed by atoms with Crippen LogP contribution in [0.15, 0.2) is 16.7 Å². The van der Waals surface area contributed by atoms with E-state index in [0.29, 0.717) is 8.17 Å². The van der Waals surface area contributed by atoms with Crippen LogP contribution in [-0.2, 0) is 0 Å². The highest BCUT2D eigenvalue weighted by Crippen LogP contribution is 2.21. The predicted octanol–water partition coefficient (Wildman–Crippen LogP) is 2.36. The van der Waals surface area contributed by atoms with Gasteiger partial charge in [-0.3, -0.25) is 10.1 Å². The molecule has 1 aromatic heterocycles. The molecule has 0 aliphatic heterocycles. The molecular weight excluding hydrogens is 327 g/mol. The molecule has 6 heteroatoms. The largest absolute Gasteiger partial charge is 0.302 e. The Balaban J connectivity index is 3.23. The standard InChI is InChI=1S/C5H2BrIN2O2/c6-3-1-4(9(10)11)5(7)8-2-3/h1-2H. The van der Waals surface area contributed by atoms with Crippen LogP contribution in [0.5, 0.6) is 0 Å². The maximum atomic E-state index is 10.3. The van der Waals surface area contributed by atoms with E-state index < -0.39 is 4.92 Å². The van der Waals surface area contributed by atoms with Gasteiger partial charge in [0.1, 0.15) is 0 Å². The van der Waals surface area contributed by atoms with Gasteiger partial charge >= 0.3 is 5.69 Å². The molecule has 0 fully saturated rings. The van der Waals surface area contributed by atoms with Gasteiger partial charge in [-0.25, -0.2) is 4.98 Å². The first-order valence-electron chi connectivity index (χ1n) is 2.56. The lowest BCUT2D eigenvalue weighted by atomic mass is 10.4. The zero-order valence-corrected chi connectivity index (χ0v) is 8.87. The lowest BCUT2D eigenvalue weighted by Crippen LogP contribution is -1.93. The van der Waals surface area contributed by atoms with Crippen molar-refractivity contribution in [3.8, 4) is 0 Å². The lowest BCUT2D eigenvalue weighted by Gasteiger charge is -1.93. The third kappa shape index (κ3) is 2.09. The van der Waals surface area contributed by atoms with Crippen molar-refractivity contribution >= 4 is 44.2 Å². The molecule has 0 spiro atoms. The number of aromatic nitrogens is 1. The van der Waals surface area contributed by atoms with Gasteiger partial charge in [0.25, 0.3) is 0 Å². The van der Waals surface area contributed by atoms with E-state index in [2.05, 4.69) is 20.9 Å². The minimum atomic E-state index is -0.459. The van der Waals surface area contributed by atoms with Crippen LogP contribution in [0.3, 0.4) is 0 Å². The van der Waals surface area contributed by atoms with Crippen LogP contribution in [-0.4, -0.2) is 9.91 Å². The zero-order chi connectivity index (χ0) is 8.43. The van der Waals surface area contributed by atoms with E-state index in [1.165, 1.54) is 12.3 Å². The molecule has 0 saturated carbocycles. The number of hydrogen-bond donors (Lipinski definition) is 0. The van der Waals surface area contributed by atoms with E-state index in [0.717, 1.165) is 0 Å². The molecular formula is C5H2BrIN2O2. The van der Waals surface area contributed by atoms with Gasteiger partial charge in [0, 0.05) is 16.7 Å². The smallest absolute Gasteiger partial charge is 0.258 e. The monoisotopic (exact) mass is 328 g/mol. The third-order valence-corrected chi connectivity index (χ3v) is 2.25. The molecule has 0 radical (unpaired) electrons. The minimum Gasteiger partial charge on any atom is -0.258 e. The zero-order valence-electron chi connectivity index (χ0n) is 5.12. The number of halogens is 2. The van der Waals surface area contributed by atoms with E-state index in [1.54, 1.807) is 0 Å². The second-order valence-corrected chi connectivity index (χ2v) is 3.66. The maximum absolute atomic E-state index is 10.3. The second-order valence-electron chi connectivity index (χ2n) is 1.72. The Bertz CT molecular complexity index is 305. The van der Waals surface area contributed by atoms with Crippen molar-refractivity contribution < 1.29 is 4.92 Å². The Morgan fingerprint density at radius 1 is 1.73 bits per heavy atom. The van der Waals surface area contributed by atoms with Crippen LogP contribution in [0.25, 0.3) is 0 Å². The van der Waals surface area contributed by atoms with E-state index in [-0.39, 0.29) is 5.69 Å². The first-order chi connectivity index (χ1) is 5.11. The molecule has 0 N–H and O–H groups in total.